The van der Waals surface area contributed by atoms with Gasteiger partial charge in [0.2, 0.25) is 0 Å². The number of nitrogens with zero attached hydrogens (tertiary/aromatic N) is 6. The molecule has 0 fully saturated rings. The van der Waals surface area contributed by atoms with Crippen molar-refractivity contribution in [2.24, 2.45) is 5.92 Å². The fourth-order valence-corrected chi connectivity index (χ4v) is 2.71. The maximum Gasteiger partial charge on any atom is 0.252 e. The number of fused-ring (bicyclic) bond motifs is 1. The summed E-state index contributed by atoms with van der Waals surface area (Å²) in [6.45, 7) is 8.46. The number of hydrogen-bond acceptors (Lipinski definition) is 5. The lowest BCUT2D eigenvalue weighted by molar-refractivity contribution is 0.160. The first kappa shape index (κ1) is 14.1. The summed E-state index contributed by atoms with van der Waals surface area (Å²) in [5, 5.41) is 8.38. The minimum atomic E-state index is -0.454. The molecule has 0 aromatic carbocycles. The van der Waals surface area contributed by atoms with Crippen molar-refractivity contribution < 1.29 is 4.39 Å². The Balaban J connectivity index is 1.89. The van der Waals surface area contributed by atoms with Crippen LogP contribution in [0.15, 0.2) is 12.4 Å². The predicted octanol–water partition coefficient (Wildman–Crippen LogP) is 1.60. The van der Waals surface area contributed by atoms with Crippen molar-refractivity contribution in [1.29, 1.82) is 0 Å². The normalized spacial score (nSPS) is 19.0. The summed E-state index contributed by atoms with van der Waals surface area (Å²) in [7, 11) is 0. The summed E-state index contributed by atoms with van der Waals surface area (Å²) in [6, 6.07) is 0.414. The quantitative estimate of drug-likeness (QED) is 0.859. The van der Waals surface area contributed by atoms with Gasteiger partial charge in [-0.25, -0.2) is 14.4 Å². The molecule has 112 valence electrons. The average molecular weight is 290 g/mol. The van der Waals surface area contributed by atoms with Crippen LogP contribution in [0.4, 0.5) is 4.39 Å². The maximum absolute atomic E-state index is 12.9. The first-order valence-electron chi connectivity index (χ1n) is 7.20. The van der Waals surface area contributed by atoms with Crippen LogP contribution in [0.25, 0.3) is 5.95 Å². The van der Waals surface area contributed by atoms with Crippen LogP contribution in [-0.4, -0.2) is 42.4 Å². The molecule has 0 saturated heterocycles. The van der Waals surface area contributed by atoms with Gasteiger partial charge in [0, 0.05) is 25.6 Å². The van der Waals surface area contributed by atoms with Crippen LogP contribution in [0.2, 0.25) is 0 Å². The summed E-state index contributed by atoms with van der Waals surface area (Å²) in [6.07, 6.45) is 3.14. The Morgan fingerprint density at radius 3 is 2.71 bits per heavy atom. The van der Waals surface area contributed by atoms with Crippen LogP contribution in [0.5, 0.6) is 0 Å². The van der Waals surface area contributed by atoms with Gasteiger partial charge in [-0.05, 0) is 12.8 Å². The first-order valence-corrected chi connectivity index (χ1v) is 7.20. The highest BCUT2D eigenvalue weighted by atomic mass is 19.1. The van der Waals surface area contributed by atoms with Crippen LogP contribution in [0, 0.1) is 11.7 Å². The Hall–Kier alpha value is -1.89. The molecule has 1 atom stereocenters. The van der Waals surface area contributed by atoms with E-state index < -0.39 is 5.82 Å². The van der Waals surface area contributed by atoms with E-state index in [0.29, 0.717) is 17.9 Å². The van der Waals surface area contributed by atoms with Gasteiger partial charge in [0.15, 0.2) is 5.82 Å². The van der Waals surface area contributed by atoms with Gasteiger partial charge in [0.25, 0.3) is 5.95 Å². The molecule has 0 radical (unpaired) electrons. The Morgan fingerprint density at radius 2 is 2.05 bits per heavy atom. The van der Waals surface area contributed by atoms with E-state index in [0.717, 1.165) is 43.3 Å². The third kappa shape index (κ3) is 2.78. The summed E-state index contributed by atoms with van der Waals surface area (Å²) < 4.78 is 14.5. The molecule has 2 aromatic heterocycles. The monoisotopic (exact) mass is 290 g/mol. The third-order valence-corrected chi connectivity index (χ3v) is 3.70. The second-order valence-electron chi connectivity index (χ2n) is 5.97. The van der Waals surface area contributed by atoms with Gasteiger partial charge in [0.1, 0.15) is 5.69 Å². The summed E-state index contributed by atoms with van der Waals surface area (Å²) in [5.41, 5.74) is 1.98. The minimum Gasteiger partial charge on any atom is -0.294 e. The van der Waals surface area contributed by atoms with E-state index in [1.165, 1.54) is 0 Å². The highest BCUT2D eigenvalue weighted by molar-refractivity contribution is 5.22. The lowest BCUT2D eigenvalue weighted by Crippen LogP contribution is -2.41. The van der Waals surface area contributed by atoms with Crippen LogP contribution in [0.3, 0.4) is 0 Å². The average Bonchev–Trinajstić information content (AvgIpc) is 2.82. The highest BCUT2D eigenvalue weighted by Crippen LogP contribution is 2.23. The van der Waals surface area contributed by atoms with Crippen molar-refractivity contribution in [3.63, 3.8) is 0 Å². The molecule has 0 amide bonds. The van der Waals surface area contributed by atoms with Gasteiger partial charge in [-0.2, -0.15) is 4.68 Å². The molecule has 2 aromatic rings. The zero-order valence-corrected chi connectivity index (χ0v) is 12.5. The zero-order chi connectivity index (χ0) is 15.0. The third-order valence-electron chi connectivity index (χ3n) is 3.70. The second kappa shape index (κ2) is 5.48. The van der Waals surface area contributed by atoms with Crippen molar-refractivity contribution in [2.75, 3.05) is 6.54 Å². The van der Waals surface area contributed by atoms with E-state index in [-0.39, 0.29) is 0 Å². The summed E-state index contributed by atoms with van der Waals surface area (Å²) in [5.74, 6) is 0.531. The van der Waals surface area contributed by atoms with E-state index >= 15 is 0 Å². The maximum atomic E-state index is 12.9. The molecule has 3 rings (SSSR count). The van der Waals surface area contributed by atoms with Crippen molar-refractivity contribution in [2.45, 2.75) is 39.8 Å². The van der Waals surface area contributed by atoms with E-state index in [1.807, 2.05) is 0 Å². The van der Waals surface area contributed by atoms with Gasteiger partial charge < -0.3 is 0 Å². The molecule has 1 aliphatic heterocycles. The molecule has 0 aliphatic carbocycles. The number of aromatic nitrogens is 5. The Bertz CT molecular complexity index is 621. The summed E-state index contributed by atoms with van der Waals surface area (Å²) in [4.78, 5) is 10.4. The van der Waals surface area contributed by atoms with Gasteiger partial charge in [-0.1, -0.05) is 19.1 Å². The molecule has 0 spiro atoms. The highest BCUT2D eigenvalue weighted by Gasteiger charge is 2.28. The molecule has 7 heteroatoms. The lowest BCUT2D eigenvalue weighted by Gasteiger charge is -2.33. The van der Waals surface area contributed by atoms with E-state index in [9.17, 15) is 4.39 Å². The van der Waals surface area contributed by atoms with E-state index in [4.69, 9.17) is 0 Å². The smallest absolute Gasteiger partial charge is 0.252 e. The fourth-order valence-electron chi connectivity index (χ4n) is 2.71. The molecular weight excluding hydrogens is 271 g/mol. The molecule has 0 unspecified atom stereocenters. The lowest BCUT2D eigenvalue weighted by atomic mass is 10.0. The fraction of sp³-hybridized carbons (Fsp3) is 0.571. The van der Waals surface area contributed by atoms with Crippen molar-refractivity contribution >= 4 is 0 Å². The van der Waals surface area contributed by atoms with Crippen LogP contribution in [-0.2, 0) is 13.0 Å². The van der Waals surface area contributed by atoms with Gasteiger partial charge >= 0.3 is 0 Å². The first-order chi connectivity index (χ1) is 10.0. The van der Waals surface area contributed by atoms with Crippen molar-refractivity contribution in [3.05, 3.63) is 29.6 Å². The molecular formula is C14H19FN6. The molecule has 0 bridgehead atoms. The Kier molecular flexibility index (Phi) is 3.67. The van der Waals surface area contributed by atoms with E-state index in [2.05, 4.69) is 46.0 Å². The van der Waals surface area contributed by atoms with E-state index in [1.54, 1.807) is 4.68 Å². The topological polar surface area (TPSA) is 59.7 Å². The van der Waals surface area contributed by atoms with Crippen LogP contribution >= 0.6 is 0 Å². The predicted molar refractivity (Wildman–Crippen MR) is 75.3 cm³/mol. The van der Waals surface area contributed by atoms with Crippen molar-refractivity contribution in [1.82, 2.24) is 29.9 Å². The van der Waals surface area contributed by atoms with Gasteiger partial charge in [-0.3, -0.25) is 4.90 Å². The van der Waals surface area contributed by atoms with Gasteiger partial charge in [-0.15, -0.1) is 5.10 Å². The molecule has 21 heavy (non-hydrogen) atoms. The standard InChI is InChI=1S/C14H19FN6/c1-9(2)7-20-8-12-13(4-10(20)3)21(19-18-12)14-16-5-11(15)6-17-14/h5-6,9-10H,4,7-8H2,1-3H3/t10-/m0/s1. The minimum absolute atomic E-state index is 0.370. The molecule has 6 nitrogen and oxygen atoms in total. The number of rotatable bonds is 3. The molecule has 3 heterocycles. The van der Waals surface area contributed by atoms with Crippen molar-refractivity contribution in [3.8, 4) is 5.95 Å². The molecule has 0 saturated carbocycles. The van der Waals surface area contributed by atoms with Crippen LogP contribution < -0.4 is 0 Å². The molecule has 0 N–H and O–H groups in total. The molecule has 1 aliphatic rings. The summed E-state index contributed by atoms with van der Waals surface area (Å²) >= 11 is 0. The SMILES string of the molecule is CC(C)CN1Cc2nnn(-c3ncc(F)cn3)c2C[C@@H]1C. The Morgan fingerprint density at radius 1 is 1.33 bits per heavy atom. The number of halogens is 1. The largest absolute Gasteiger partial charge is 0.294 e. The number of hydrogen-bond donors (Lipinski definition) is 0. The van der Waals surface area contributed by atoms with Gasteiger partial charge in [0.05, 0.1) is 18.1 Å². The zero-order valence-electron chi connectivity index (χ0n) is 12.5. The second-order valence-corrected chi connectivity index (χ2v) is 5.97. The Labute approximate surface area is 123 Å². The van der Waals surface area contributed by atoms with Crippen LogP contribution in [0.1, 0.15) is 32.2 Å².